The van der Waals surface area contributed by atoms with Crippen molar-refractivity contribution in [3.63, 3.8) is 0 Å². The lowest BCUT2D eigenvalue weighted by Gasteiger charge is -2.35. The highest BCUT2D eigenvalue weighted by Crippen LogP contribution is 2.52. The molecule has 0 saturated heterocycles. The van der Waals surface area contributed by atoms with Gasteiger partial charge in [0.25, 0.3) is 0 Å². The van der Waals surface area contributed by atoms with E-state index >= 15 is 0 Å². The van der Waals surface area contributed by atoms with Gasteiger partial charge in [-0.25, -0.2) is 9.59 Å². The normalized spacial score (nSPS) is 19.3. The van der Waals surface area contributed by atoms with E-state index in [-0.39, 0.29) is 29.1 Å². The number of nitrogens with one attached hydrogen (secondary N) is 1. The van der Waals surface area contributed by atoms with Crippen LogP contribution in [0.3, 0.4) is 0 Å². The molecule has 0 fully saturated rings. The van der Waals surface area contributed by atoms with E-state index in [4.69, 9.17) is 19.9 Å². The Kier molecular flexibility index (Phi) is 6.52. The lowest BCUT2D eigenvalue weighted by Crippen LogP contribution is -2.48. The maximum absolute atomic E-state index is 13.5. The van der Waals surface area contributed by atoms with Gasteiger partial charge >= 0.3 is 17.9 Å². The van der Waals surface area contributed by atoms with Crippen LogP contribution in [-0.4, -0.2) is 44.6 Å². The molecule has 3 rings (SSSR count). The van der Waals surface area contributed by atoms with Gasteiger partial charge in [0.1, 0.15) is 28.7 Å². The van der Waals surface area contributed by atoms with E-state index in [1.54, 1.807) is 24.3 Å². The van der Waals surface area contributed by atoms with Crippen molar-refractivity contribution in [2.75, 3.05) is 26.1 Å². The van der Waals surface area contributed by atoms with Crippen molar-refractivity contribution in [2.24, 2.45) is 5.73 Å². The van der Waals surface area contributed by atoms with E-state index in [0.717, 1.165) is 20.6 Å². The molecule has 0 aromatic heterocycles. The van der Waals surface area contributed by atoms with E-state index in [1.165, 1.54) is 0 Å². The van der Waals surface area contributed by atoms with Gasteiger partial charge < -0.3 is 30.0 Å². The average molecular weight is 444 g/mol. The number of unbranched alkanes of at least 4 members (excludes halogenated alkanes) is 1. The number of rotatable bonds is 7. The lowest BCUT2D eigenvalue weighted by atomic mass is 9.67. The minimum Gasteiger partial charge on any atom is -0.469 e. The van der Waals surface area contributed by atoms with Crippen molar-refractivity contribution in [1.29, 1.82) is 0 Å². The molecule has 3 N–H and O–H groups in total. The number of hydrogen-bond donors (Lipinski definition) is 2. The van der Waals surface area contributed by atoms with Crippen molar-refractivity contribution in [1.82, 2.24) is 0 Å². The van der Waals surface area contributed by atoms with Crippen LogP contribution in [0.1, 0.15) is 31.7 Å². The molecule has 170 valence electrons. The molecule has 32 heavy (non-hydrogen) atoms. The maximum Gasteiger partial charge on any atom is 0.341 e. The lowest BCUT2D eigenvalue weighted by molar-refractivity contribution is -0.143. The van der Waals surface area contributed by atoms with Gasteiger partial charge in [0.05, 0.1) is 20.8 Å². The number of anilines is 1. The molecule has 1 atom stereocenters. The summed E-state index contributed by atoms with van der Waals surface area (Å²) < 4.78 is 20.5. The summed E-state index contributed by atoms with van der Waals surface area (Å²) in [5.74, 6) is -4.06. The number of ether oxygens (including phenoxy) is 4. The van der Waals surface area contributed by atoms with E-state index < -0.39 is 41.5 Å². The van der Waals surface area contributed by atoms with Crippen LogP contribution in [0.25, 0.3) is 0 Å². The number of methoxy groups -OCH3 is 2. The molecule has 1 aromatic carbocycles. The van der Waals surface area contributed by atoms with Crippen LogP contribution in [0, 0.1) is 0 Å². The first-order chi connectivity index (χ1) is 15.3. The molecule has 1 aromatic rings. The zero-order valence-corrected chi connectivity index (χ0v) is 18.0. The fourth-order valence-corrected chi connectivity index (χ4v) is 3.84. The van der Waals surface area contributed by atoms with Gasteiger partial charge in [-0.3, -0.25) is 9.59 Å². The van der Waals surface area contributed by atoms with E-state index in [0.29, 0.717) is 12.1 Å². The van der Waals surface area contributed by atoms with Gasteiger partial charge in [0, 0.05) is 11.3 Å². The predicted molar refractivity (Wildman–Crippen MR) is 111 cm³/mol. The Bertz CT molecular complexity index is 1040. The molecule has 2 aliphatic rings. The monoisotopic (exact) mass is 444 g/mol. The third-order valence-corrected chi connectivity index (χ3v) is 5.29. The Morgan fingerprint density at radius 3 is 2.47 bits per heavy atom. The molecule has 10 nitrogen and oxygen atoms in total. The highest BCUT2D eigenvalue weighted by molar-refractivity contribution is 6.21. The Morgan fingerprint density at radius 2 is 1.81 bits per heavy atom. The van der Waals surface area contributed by atoms with Gasteiger partial charge in [0.2, 0.25) is 11.8 Å². The predicted octanol–water partition coefficient (Wildman–Crippen LogP) is 1.41. The smallest absolute Gasteiger partial charge is 0.341 e. The molecule has 0 bridgehead atoms. The van der Waals surface area contributed by atoms with E-state index in [9.17, 15) is 19.2 Å². The second kappa shape index (κ2) is 9.13. The van der Waals surface area contributed by atoms with Crippen LogP contribution >= 0.6 is 0 Å². The van der Waals surface area contributed by atoms with Gasteiger partial charge in [0.15, 0.2) is 0 Å². The third kappa shape index (κ3) is 3.57. The minimum absolute atomic E-state index is 0.0811. The van der Waals surface area contributed by atoms with Crippen LogP contribution in [-0.2, 0) is 43.5 Å². The Morgan fingerprint density at radius 1 is 1.09 bits per heavy atom. The quantitative estimate of drug-likeness (QED) is 0.362. The summed E-state index contributed by atoms with van der Waals surface area (Å²) in [7, 11) is 2.27. The number of para-hydroxylation sites is 1. The molecule has 0 saturated carbocycles. The number of amides is 1. The summed E-state index contributed by atoms with van der Waals surface area (Å²) in [6, 6.07) is 6.51. The Balaban J connectivity index is 2.32. The number of nitrogens with two attached hydrogens (primary N) is 1. The van der Waals surface area contributed by atoms with Crippen molar-refractivity contribution >= 4 is 29.5 Å². The summed E-state index contributed by atoms with van der Waals surface area (Å²) in [5, 5.41) is 2.68. The van der Waals surface area contributed by atoms with Gasteiger partial charge in [-0.2, -0.15) is 0 Å². The summed E-state index contributed by atoms with van der Waals surface area (Å²) in [5.41, 5.74) is 4.02. The van der Waals surface area contributed by atoms with Gasteiger partial charge in [-0.05, 0) is 12.5 Å². The van der Waals surface area contributed by atoms with Crippen molar-refractivity contribution < 1.29 is 38.1 Å². The molecule has 1 amide bonds. The van der Waals surface area contributed by atoms with Crippen LogP contribution < -0.4 is 11.1 Å². The Hall–Kier alpha value is -3.82. The first-order valence-electron chi connectivity index (χ1n) is 9.97. The molecular weight excluding hydrogens is 420 g/mol. The SMILES string of the molecule is CCCCOC(=O)C1=C(N)OC(CC(=O)OC)=C(C(=O)OC)[C@]12C(=O)Nc1ccccc12. The molecular formula is C22H24N2O8. The summed E-state index contributed by atoms with van der Waals surface area (Å²) in [6.07, 6.45) is 0.837. The molecule has 0 radical (unpaired) electrons. The third-order valence-electron chi connectivity index (χ3n) is 5.29. The number of esters is 3. The van der Waals surface area contributed by atoms with Crippen molar-refractivity contribution in [3.8, 4) is 0 Å². The second-order valence-corrected chi connectivity index (χ2v) is 7.12. The first kappa shape index (κ1) is 22.9. The van der Waals surface area contributed by atoms with Crippen molar-refractivity contribution in [2.45, 2.75) is 31.6 Å². The summed E-state index contributed by atoms with van der Waals surface area (Å²) in [6.45, 7) is 2.00. The largest absolute Gasteiger partial charge is 0.469 e. The number of carbonyl (C=O) groups excluding carboxylic acids is 4. The van der Waals surface area contributed by atoms with Crippen LogP contribution in [0.15, 0.2) is 47.1 Å². The van der Waals surface area contributed by atoms with Gasteiger partial charge in [-0.1, -0.05) is 31.5 Å². The van der Waals surface area contributed by atoms with E-state index in [1.807, 2.05) is 6.92 Å². The number of benzene rings is 1. The molecule has 0 unspecified atom stereocenters. The van der Waals surface area contributed by atoms with E-state index in [2.05, 4.69) is 10.1 Å². The minimum atomic E-state index is -2.03. The summed E-state index contributed by atoms with van der Waals surface area (Å²) in [4.78, 5) is 51.7. The molecule has 1 spiro atoms. The topological polar surface area (TPSA) is 143 Å². The zero-order chi connectivity index (χ0) is 23.5. The standard InChI is InChI=1S/C22H24N2O8/c1-4-5-10-31-20(27)17-18(23)32-14(11-15(25)29-2)16(19(26)30-3)22(17)12-8-6-7-9-13(12)24-21(22)28/h6-9H,4-5,10-11,23H2,1-3H3,(H,24,28)/t22-/m0/s1. The second-order valence-electron chi connectivity index (χ2n) is 7.12. The number of hydrogen-bond acceptors (Lipinski definition) is 9. The fraction of sp³-hybridized carbons (Fsp3) is 0.364. The molecule has 0 aliphatic carbocycles. The van der Waals surface area contributed by atoms with Crippen LogP contribution in [0.4, 0.5) is 5.69 Å². The Labute approximate surface area is 184 Å². The molecule has 2 heterocycles. The average Bonchev–Trinajstić information content (AvgIpc) is 3.05. The maximum atomic E-state index is 13.5. The zero-order valence-electron chi connectivity index (χ0n) is 18.0. The van der Waals surface area contributed by atoms with Crippen LogP contribution in [0.5, 0.6) is 0 Å². The number of fused-ring (bicyclic) bond motifs is 2. The number of carbonyl (C=O) groups is 4. The fourth-order valence-electron chi connectivity index (χ4n) is 3.84. The van der Waals surface area contributed by atoms with Crippen molar-refractivity contribution in [3.05, 3.63) is 52.6 Å². The first-order valence-corrected chi connectivity index (χ1v) is 9.97. The van der Waals surface area contributed by atoms with Crippen LogP contribution in [0.2, 0.25) is 0 Å². The highest BCUT2D eigenvalue weighted by Gasteiger charge is 2.62. The van der Waals surface area contributed by atoms with Gasteiger partial charge in [-0.15, -0.1) is 0 Å². The molecule has 2 aliphatic heterocycles. The molecule has 10 heteroatoms. The summed E-state index contributed by atoms with van der Waals surface area (Å²) >= 11 is 0. The highest BCUT2D eigenvalue weighted by atomic mass is 16.5.